The van der Waals surface area contributed by atoms with Gasteiger partial charge in [-0.1, -0.05) is 0 Å². The van der Waals surface area contributed by atoms with Crippen LogP contribution in [0.4, 0.5) is 0 Å². The normalized spacial score (nSPS) is 10.7. The van der Waals surface area contributed by atoms with E-state index in [2.05, 4.69) is 27.1 Å². The highest BCUT2D eigenvalue weighted by Crippen LogP contribution is 2.22. The van der Waals surface area contributed by atoms with E-state index in [1.54, 1.807) is 11.3 Å². The Hall–Kier alpha value is -0.650. The Balaban J connectivity index is 2.10. The first kappa shape index (κ1) is 9.89. The number of hydrogen-bond acceptors (Lipinski definition) is 3. The van der Waals surface area contributed by atoms with E-state index in [-0.39, 0.29) is 0 Å². The summed E-state index contributed by atoms with van der Waals surface area (Å²) in [5.41, 5.74) is 6.57. The summed E-state index contributed by atoms with van der Waals surface area (Å²) >= 11 is 5.16. The molecule has 0 fully saturated rings. The Labute approximate surface area is 94.7 Å². The molecule has 0 spiro atoms. The highest BCUT2D eigenvalue weighted by molar-refractivity contribution is 9.11. The molecular weight excluding hydrogens is 262 g/mol. The molecule has 0 aliphatic heterocycles. The summed E-state index contributed by atoms with van der Waals surface area (Å²) in [6, 6.07) is 4.14. The third-order valence-corrected chi connectivity index (χ3v) is 3.48. The molecule has 0 bridgehead atoms. The molecule has 14 heavy (non-hydrogen) atoms. The van der Waals surface area contributed by atoms with Gasteiger partial charge >= 0.3 is 0 Å². The Kier molecular flexibility index (Phi) is 3.00. The van der Waals surface area contributed by atoms with E-state index in [9.17, 15) is 0 Å². The molecule has 0 saturated carbocycles. The van der Waals surface area contributed by atoms with Crippen molar-refractivity contribution in [2.24, 2.45) is 5.73 Å². The predicted octanol–water partition coefficient (Wildman–Crippen LogP) is 2.21. The fourth-order valence-corrected chi connectivity index (χ4v) is 2.67. The second-order valence-corrected chi connectivity index (χ2v) is 5.50. The SMILES string of the molecule is NCc1cnn(Cc2ccc(Br)s2)c1. The van der Waals surface area contributed by atoms with E-state index in [1.165, 1.54) is 4.88 Å². The van der Waals surface area contributed by atoms with Gasteiger partial charge in [0.15, 0.2) is 0 Å². The summed E-state index contributed by atoms with van der Waals surface area (Å²) in [5, 5.41) is 4.22. The van der Waals surface area contributed by atoms with Crippen molar-refractivity contribution in [2.45, 2.75) is 13.1 Å². The lowest BCUT2D eigenvalue weighted by molar-refractivity contribution is 0.694. The van der Waals surface area contributed by atoms with Crippen LogP contribution >= 0.6 is 27.3 Å². The zero-order chi connectivity index (χ0) is 9.97. The number of nitrogens with zero attached hydrogens (tertiary/aromatic N) is 2. The quantitative estimate of drug-likeness (QED) is 0.931. The maximum Gasteiger partial charge on any atom is 0.0752 e. The Morgan fingerprint density at radius 3 is 2.93 bits per heavy atom. The van der Waals surface area contributed by atoms with Gasteiger partial charge in [0.25, 0.3) is 0 Å². The molecule has 0 aliphatic carbocycles. The van der Waals surface area contributed by atoms with Crippen LogP contribution in [0.1, 0.15) is 10.4 Å². The van der Waals surface area contributed by atoms with Crippen molar-refractivity contribution in [3.05, 3.63) is 38.8 Å². The summed E-state index contributed by atoms with van der Waals surface area (Å²) in [5.74, 6) is 0. The van der Waals surface area contributed by atoms with Crippen LogP contribution < -0.4 is 5.73 Å². The van der Waals surface area contributed by atoms with Crippen molar-refractivity contribution in [2.75, 3.05) is 0 Å². The molecule has 2 heterocycles. The monoisotopic (exact) mass is 271 g/mol. The second kappa shape index (κ2) is 4.25. The number of hydrogen-bond donors (Lipinski definition) is 1. The molecule has 5 heteroatoms. The molecule has 3 nitrogen and oxygen atoms in total. The van der Waals surface area contributed by atoms with Gasteiger partial charge in [-0.05, 0) is 28.1 Å². The zero-order valence-corrected chi connectivity index (χ0v) is 9.88. The molecule has 0 amide bonds. The summed E-state index contributed by atoms with van der Waals surface area (Å²) in [6.07, 6.45) is 3.79. The minimum atomic E-state index is 0.550. The van der Waals surface area contributed by atoms with Crippen molar-refractivity contribution >= 4 is 27.3 Å². The van der Waals surface area contributed by atoms with Gasteiger partial charge in [0.1, 0.15) is 0 Å². The Bertz CT molecular complexity index is 421. The molecular formula is C9H10BrN3S. The van der Waals surface area contributed by atoms with E-state index in [1.807, 2.05) is 23.1 Å². The van der Waals surface area contributed by atoms with E-state index in [0.29, 0.717) is 6.54 Å². The zero-order valence-electron chi connectivity index (χ0n) is 7.48. The maximum atomic E-state index is 5.50. The van der Waals surface area contributed by atoms with E-state index >= 15 is 0 Å². The summed E-state index contributed by atoms with van der Waals surface area (Å²) in [6.45, 7) is 1.37. The van der Waals surface area contributed by atoms with E-state index in [4.69, 9.17) is 5.73 Å². The first-order valence-electron chi connectivity index (χ1n) is 4.23. The van der Waals surface area contributed by atoms with Crippen molar-refractivity contribution in [3.63, 3.8) is 0 Å². The first-order chi connectivity index (χ1) is 6.78. The van der Waals surface area contributed by atoms with Crippen LogP contribution in [-0.2, 0) is 13.1 Å². The molecule has 0 aliphatic rings. The Morgan fingerprint density at radius 2 is 2.36 bits per heavy atom. The largest absolute Gasteiger partial charge is 0.326 e. The third-order valence-electron chi connectivity index (χ3n) is 1.87. The maximum absolute atomic E-state index is 5.50. The summed E-state index contributed by atoms with van der Waals surface area (Å²) < 4.78 is 3.05. The molecule has 2 N–H and O–H groups in total. The van der Waals surface area contributed by atoms with Crippen LogP contribution in [-0.4, -0.2) is 9.78 Å². The predicted molar refractivity (Wildman–Crippen MR) is 61.2 cm³/mol. The van der Waals surface area contributed by atoms with Gasteiger partial charge in [0.05, 0.1) is 16.5 Å². The van der Waals surface area contributed by atoms with Gasteiger partial charge in [0, 0.05) is 23.2 Å². The minimum absolute atomic E-state index is 0.550. The van der Waals surface area contributed by atoms with Crippen molar-refractivity contribution in [1.82, 2.24) is 9.78 Å². The molecule has 2 aromatic rings. The van der Waals surface area contributed by atoms with Crippen molar-refractivity contribution in [3.8, 4) is 0 Å². The number of halogens is 1. The number of aromatic nitrogens is 2. The fraction of sp³-hybridized carbons (Fsp3) is 0.222. The van der Waals surface area contributed by atoms with Crippen LogP contribution in [0.3, 0.4) is 0 Å². The number of rotatable bonds is 3. The van der Waals surface area contributed by atoms with Crippen LogP contribution in [0, 0.1) is 0 Å². The highest BCUT2D eigenvalue weighted by Gasteiger charge is 2.00. The van der Waals surface area contributed by atoms with Gasteiger partial charge in [-0.25, -0.2) is 0 Å². The smallest absolute Gasteiger partial charge is 0.0752 e. The first-order valence-corrected chi connectivity index (χ1v) is 5.84. The second-order valence-electron chi connectivity index (χ2n) is 2.96. The molecule has 0 radical (unpaired) electrons. The summed E-state index contributed by atoms with van der Waals surface area (Å²) in [7, 11) is 0. The molecule has 0 atom stereocenters. The van der Waals surface area contributed by atoms with Crippen LogP contribution in [0.25, 0.3) is 0 Å². The van der Waals surface area contributed by atoms with Crippen LogP contribution in [0.15, 0.2) is 28.3 Å². The minimum Gasteiger partial charge on any atom is -0.326 e. The molecule has 0 aromatic carbocycles. The van der Waals surface area contributed by atoms with Gasteiger partial charge < -0.3 is 5.73 Å². The highest BCUT2D eigenvalue weighted by atomic mass is 79.9. The van der Waals surface area contributed by atoms with Gasteiger partial charge in [0.2, 0.25) is 0 Å². The average molecular weight is 272 g/mol. The molecule has 2 aromatic heterocycles. The molecule has 2 rings (SSSR count). The van der Waals surface area contributed by atoms with Gasteiger partial charge in [-0.15, -0.1) is 11.3 Å². The number of thiophene rings is 1. The van der Waals surface area contributed by atoms with Crippen molar-refractivity contribution in [1.29, 1.82) is 0 Å². The fourth-order valence-electron chi connectivity index (χ4n) is 1.19. The van der Waals surface area contributed by atoms with Crippen LogP contribution in [0.2, 0.25) is 0 Å². The Morgan fingerprint density at radius 1 is 1.50 bits per heavy atom. The van der Waals surface area contributed by atoms with Gasteiger partial charge in [-0.3, -0.25) is 4.68 Å². The lowest BCUT2D eigenvalue weighted by Gasteiger charge is -1.96. The molecule has 74 valence electrons. The lowest BCUT2D eigenvalue weighted by Crippen LogP contribution is -1.98. The number of nitrogens with two attached hydrogens (primary N) is 1. The lowest BCUT2D eigenvalue weighted by atomic mass is 10.4. The molecule has 0 unspecified atom stereocenters. The molecule has 0 saturated heterocycles. The van der Waals surface area contributed by atoms with E-state index in [0.717, 1.165) is 15.9 Å². The summed E-state index contributed by atoms with van der Waals surface area (Å²) in [4.78, 5) is 1.28. The topological polar surface area (TPSA) is 43.8 Å². The third kappa shape index (κ3) is 2.23. The average Bonchev–Trinajstić information content (AvgIpc) is 2.76. The van der Waals surface area contributed by atoms with Crippen molar-refractivity contribution < 1.29 is 0 Å². The standard InChI is InChI=1S/C9H10BrN3S/c10-9-2-1-8(14-9)6-13-5-7(3-11)4-12-13/h1-2,4-5H,3,6,11H2. The van der Waals surface area contributed by atoms with Crippen LogP contribution in [0.5, 0.6) is 0 Å². The van der Waals surface area contributed by atoms with Gasteiger partial charge in [-0.2, -0.15) is 5.10 Å². The van der Waals surface area contributed by atoms with E-state index < -0.39 is 0 Å².